The van der Waals surface area contributed by atoms with Gasteiger partial charge in [-0.3, -0.25) is 0 Å². The van der Waals surface area contributed by atoms with Crippen LogP contribution in [0.4, 0.5) is 34.1 Å². The Morgan fingerprint density at radius 1 is 0.198 bits per heavy atom. The molecule has 0 fully saturated rings. The van der Waals surface area contributed by atoms with Crippen LogP contribution in [-0.2, 0) is 21.1 Å². The predicted octanol–water partition coefficient (Wildman–Crippen LogP) is 22.3. The van der Waals surface area contributed by atoms with Gasteiger partial charge in [0, 0.05) is 46.3 Å². The van der Waals surface area contributed by atoms with Crippen molar-refractivity contribution in [3.8, 4) is 101 Å². The first-order valence-electron chi connectivity index (χ1n) is 34.5. The number of hydrogen-bond donors (Lipinski definition) is 0. The molecule has 3 heterocycles. The van der Waals surface area contributed by atoms with Crippen molar-refractivity contribution in [3.63, 3.8) is 0 Å². The smallest absolute Gasteiger partial charge is 0.294 e. The molecule has 3 aromatic heterocycles. The second-order valence-corrected chi connectivity index (χ2v) is 25.9. The van der Waals surface area contributed by atoms with E-state index in [1.165, 1.54) is 49.9 Å². The SMILES string of the molecule is C[n+]1ccc(-c2ccc(-c3ccc(N(c4ccc(-c5ccc(-c6n(-c7ccccc7)c7ccccc7[n+]6C)cc5)cc4)c4ccc(-c5ccc(N(c6ccc(-c7ccccc7)cc6)c6ccc(-c7ccc(-c8n(-c9ccccc9)c9ccccc9[n+]8C)cc7)cc6)cc5)cc4)cc3)cc2)cc1. The van der Waals surface area contributed by atoms with Crippen molar-refractivity contribution >= 4 is 56.2 Å². The van der Waals surface area contributed by atoms with Crippen LogP contribution in [0.25, 0.3) is 123 Å². The lowest BCUT2D eigenvalue weighted by molar-refractivity contribution is -0.671. The molecule has 0 radical (unpaired) electrons. The standard InChI is InChI=1S/C94H72N7/c1-95-65-63-78(64-66-95)71-29-27-68(28-30-71)73-41-53-84(54-42-73)99(86-57-45-75(46-58-86)70-33-37-80(38-34-70)94-97(3)90-24-14-16-26-92(90)101(94)82-21-11-6-12-22-82)88-61-49-77(50-62-88)76-47-59-87(60-48-76)98(83-51-39-72(40-52-83)67-17-7-4-8-18-67)85-55-43-74(44-56-85)69-31-35-79(36-32-69)93-96(2)89-23-13-15-25-91(89)100(93)81-19-9-5-10-20-81/h4-66H,1-3H3/q+3. The maximum Gasteiger partial charge on any atom is 0.294 e. The number of pyridine rings is 1. The van der Waals surface area contributed by atoms with Crippen molar-refractivity contribution < 1.29 is 13.7 Å². The Labute approximate surface area is 589 Å². The Kier molecular flexibility index (Phi) is 16.2. The molecule has 0 saturated heterocycles. The first kappa shape index (κ1) is 61.4. The average Bonchev–Trinajstić information content (AvgIpc) is 1.62. The number of fused-ring (bicyclic) bond motifs is 2. The second kappa shape index (κ2) is 26.6. The summed E-state index contributed by atoms with van der Waals surface area (Å²) in [6, 6.07) is 134. The number of aryl methyl sites for hydroxylation is 3. The number of hydrogen-bond acceptors (Lipinski definition) is 2. The van der Waals surface area contributed by atoms with Crippen molar-refractivity contribution in [3.05, 3.63) is 382 Å². The van der Waals surface area contributed by atoms with Crippen LogP contribution in [-0.4, -0.2) is 9.13 Å². The molecule has 0 saturated carbocycles. The van der Waals surface area contributed by atoms with Crippen LogP contribution in [0.15, 0.2) is 382 Å². The van der Waals surface area contributed by atoms with Gasteiger partial charge in [0.15, 0.2) is 34.5 Å². The van der Waals surface area contributed by atoms with Gasteiger partial charge in [0.1, 0.15) is 18.4 Å². The summed E-state index contributed by atoms with van der Waals surface area (Å²) >= 11 is 0. The fourth-order valence-corrected chi connectivity index (χ4v) is 14.5. The third kappa shape index (κ3) is 11.9. The van der Waals surface area contributed by atoms with Gasteiger partial charge in [-0.1, -0.05) is 212 Å². The summed E-state index contributed by atoms with van der Waals surface area (Å²) in [5.41, 5.74) is 29.6. The van der Waals surface area contributed by atoms with E-state index in [2.05, 4.69) is 429 Å². The van der Waals surface area contributed by atoms with E-state index in [4.69, 9.17) is 0 Å². The summed E-state index contributed by atoms with van der Waals surface area (Å²) in [5, 5.41) is 0. The van der Waals surface area contributed by atoms with Gasteiger partial charge in [0.25, 0.3) is 11.6 Å². The summed E-state index contributed by atoms with van der Waals surface area (Å²) < 4.78 is 11.4. The molecule has 0 unspecified atom stereocenters. The molecule has 14 aromatic carbocycles. The van der Waals surface area contributed by atoms with Crippen LogP contribution < -0.4 is 23.5 Å². The molecule has 0 atom stereocenters. The van der Waals surface area contributed by atoms with Gasteiger partial charge in [-0.05, 0) is 212 Å². The number of rotatable bonds is 16. The van der Waals surface area contributed by atoms with Crippen molar-refractivity contribution in [2.24, 2.45) is 21.1 Å². The summed E-state index contributed by atoms with van der Waals surface area (Å²) in [4.78, 5) is 4.71. The van der Waals surface area contributed by atoms with E-state index in [1.54, 1.807) is 0 Å². The Hall–Kier alpha value is -13.2. The highest BCUT2D eigenvalue weighted by molar-refractivity contribution is 5.86. The van der Waals surface area contributed by atoms with Crippen LogP contribution in [0.5, 0.6) is 0 Å². The first-order valence-corrected chi connectivity index (χ1v) is 34.5. The van der Waals surface area contributed by atoms with Crippen molar-refractivity contribution in [1.29, 1.82) is 0 Å². The fourth-order valence-electron chi connectivity index (χ4n) is 14.5. The van der Waals surface area contributed by atoms with E-state index in [0.717, 1.165) is 107 Å². The second-order valence-electron chi connectivity index (χ2n) is 25.9. The molecule has 17 rings (SSSR count). The van der Waals surface area contributed by atoms with Crippen LogP contribution in [0.1, 0.15) is 0 Å². The molecular weight excluding hydrogens is 1230 g/mol. The molecule has 0 amide bonds. The van der Waals surface area contributed by atoms with Crippen LogP contribution in [0.3, 0.4) is 0 Å². The van der Waals surface area contributed by atoms with Crippen LogP contribution in [0, 0.1) is 0 Å². The van der Waals surface area contributed by atoms with Crippen molar-refractivity contribution in [2.45, 2.75) is 0 Å². The highest BCUT2D eigenvalue weighted by atomic mass is 15.2. The quantitative estimate of drug-likeness (QED) is 0.0902. The molecule has 0 aliphatic rings. The van der Waals surface area contributed by atoms with Gasteiger partial charge in [-0.2, -0.15) is 9.13 Å². The Bertz CT molecular complexity index is 5740. The average molecular weight is 1300 g/mol. The molecule has 7 heteroatoms. The number of anilines is 6. The van der Waals surface area contributed by atoms with E-state index in [0.29, 0.717) is 0 Å². The zero-order valence-electron chi connectivity index (χ0n) is 56.5. The maximum atomic E-state index is 2.36. The minimum Gasteiger partial charge on any atom is -0.311 e. The van der Waals surface area contributed by atoms with Crippen LogP contribution in [0.2, 0.25) is 0 Å². The summed E-state index contributed by atoms with van der Waals surface area (Å²) in [6.45, 7) is 0. The van der Waals surface area contributed by atoms with Gasteiger partial charge >= 0.3 is 0 Å². The highest BCUT2D eigenvalue weighted by Crippen LogP contribution is 2.42. The van der Waals surface area contributed by atoms with Crippen molar-refractivity contribution in [1.82, 2.24) is 9.13 Å². The number of nitrogens with zero attached hydrogens (tertiary/aromatic N) is 7. The minimum absolute atomic E-state index is 1.06. The Morgan fingerprint density at radius 2 is 0.406 bits per heavy atom. The zero-order chi connectivity index (χ0) is 67.8. The summed E-state index contributed by atoms with van der Waals surface area (Å²) in [5.74, 6) is 2.26. The van der Waals surface area contributed by atoms with Gasteiger partial charge < -0.3 is 9.80 Å². The highest BCUT2D eigenvalue weighted by Gasteiger charge is 2.28. The number of benzene rings is 14. The number of aromatic nitrogens is 5. The van der Waals surface area contributed by atoms with Gasteiger partial charge in [0.05, 0.1) is 25.2 Å². The van der Waals surface area contributed by atoms with Gasteiger partial charge in [-0.25, -0.2) is 13.7 Å². The largest absolute Gasteiger partial charge is 0.311 e. The van der Waals surface area contributed by atoms with E-state index in [9.17, 15) is 0 Å². The maximum absolute atomic E-state index is 2.36. The molecule has 0 aliphatic carbocycles. The topological polar surface area (TPSA) is 28.0 Å². The lowest BCUT2D eigenvalue weighted by atomic mass is 10.00. The molecule has 0 N–H and O–H groups in total. The first-order chi connectivity index (χ1) is 49.8. The number of para-hydroxylation sites is 6. The lowest BCUT2D eigenvalue weighted by Crippen LogP contribution is -2.30. The summed E-state index contributed by atoms with van der Waals surface area (Å²) in [7, 11) is 6.37. The van der Waals surface area contributed by atoms with Crippen LogP contribution >= 0.6 is 0 Å². The molecule has 0 aliphatic heterocycles. The fraction of sp³-hybridized carbons (Fsp3) is 0.0319. The molecular formula is C94H72N7+3. The molecule has 0 bridgehead atoms. The molecule has 7 nitrogen and oxygen atoms in total. The third-order valence-electron chi connectivity index (χ3n) is 19.7. The molecule has 101 heavy (non-hydrogen) atoms. The molecule has 480 valence electrons. The Morgan fingerprint density at radius 3 is 0.683 bits per heavy atom. The Balaban J connectivity index is 0.669. The monoisotopic (exact) mass is 1300 g/mol. The minimum atomic E-state index is 1.06. The van der Waals surface area contributed by atoms with Gasteiger partial charge in [0.2, 0.25) is 0 Å². The van der Waals surface area contributed by atoms with Crippen molar-refractivity contribution in [2.75, 3.05) is 9.80 Å². The van der Waals surface area contributed by atoms with E-state index in [1.807, 2.05) is 7.05 Å². The predicted molar refractivity (Wildman–Crippen MR) is 416 cm³/mol. The molecule has 17 aromatic rings. The normalized spacial score (nSPS) is 11.3. The molecule has 0 spiro atoms. The van der Waals surface area contributed by atoms with E-state index in [-0.39, 0.29) is 0 Å². The van der Waals surface area contributed by atoms with E-state index < -0.39 is 0 Å². The number of imidazole rings is 2. The summed E-state index contributed by atoms with van der Waals surface area (Å²) in [6.07, 6.45) is 4.18. The third-order valence-corrected chi connectivity index (χ3v) is 19.7. The van der Waals surface area contributed by atoms with Gasteiger partial charge in [-0.15, -0.1) is 0 Å². The lowest BCUT2D eigenvalue weighted by Gasteiger charge is -2.27. The zero-order valence-corrected chi connectivity index (χ0v) is 56.5. The van der Waals surface area contributed by atoms with E-state index >= 15 is 0 Å².